The number of nitrogens with zero attached hydrogens (tertiary/aromatic N) is 3. The van der Waals surface area contributed by atoms with E-state index in [1.165, 1.54) is 0 Å². The highest BCUT2D eigenvalue weighted by Crippen LogP contribution is 2.30. The fourth-order valence-electron chi connectivity index (χ4n) is 3.05. The number of ether oxygens (including phenoxy) is 1. The Hall–Kier alpha value is -1.79. The van der Waals surface area contributed by atoms with Crippen molar-refractivity contribution in [1.29, 1.82) is 0 Å². The zero-order chi connectivity index (χ0) is 16.4. The van der Waals surface area contributed by atoms with Gasteiger partial charge in [-0.1, -0.05) is 23.7 Å². The lowest BCUT2D eigenvalue weighted by atomic mass is 10.2. The van der Waals surface area contributed by atoms with Crippen LogP contribution < -0.4 is 4.90 Å². The summed E-state index contributed by atoms with van der Waals surface area (Å²) in [7, 11) is 1.92. The van der Waals surface area contributed by atoms with Crippen LogP contribution in [0.3, 0.4) is 0 Å². The largest absolute Gasteiger partial charge is 0.448 e. The van der Waals surface area contributed by atoms with Crippen LogP contribution in [-0.2, 0) is 9.53 Å². The lowest BCUT2D eigenvalue weighted by Gasteiger charge is -2.25. The number of amides is 2. The highest BCUT2D eigenvalue weighted by atomic mass is 35.5. The number of anilines is 1. The standard InChI is InChI=1S/C16H20ClN3O3/c1-18(8-9-19-10-11-23-16(19)22)14-6-7-20(15(14)21)13-5-3-2-4-12(13)17/h2-5,14H,6-11H2,1H3. The highest BCUT2D eigenvalue weighted by Gasteiger charge is 2.36. The molecule has 2 saturated heterocycles. The number of carbonyl (C=O) groups excluding carboxylic acids is 2. The van der Waals surface area contributed by atoms with Gasteiger partial charge in [0, 0.05) is 19.6 Å². The number of likely N-dealkylation sites (N-methyl/N-ethyl adjacent to an activating group) is 1. The molecule has 2 fully saturated rings. The Morgan fingerprint density at radius 2 is 2.09 bits per heavy atom. The quantitative estimate of drug-likeness (QED) is 0.822. The molecule has 0 radical (unpaired) electrons. The van der Waals surface area contributed by atoms with Gasteiger partial charge in [-0.2, -0.15) is 0 Å². The van der Waals surface area contributed by atoms with E-state index in [0.29, 0.717) is 37.8 Å². The van der Waals surface area contributed by atoms with Gasteiger partial charge >= 0.3 is 6.09 Å². The van der Waals surface area contributed by atoms with Crippen LogP contribution in [0.5, 0.6) is 0 Å². The Bertz CT molecular complexity index is 610. The number of hydrogen-bond donors (Lipinski definition) is 0. The lowest BCUT2D eigenvalue weighted by molar-refractivity contribution is -0.121. The number of halogens is 1. The first-order valence-electron chi connectivity index (χ1n) is 7.76. The molecule has 2 heterocycles. The van der Waals surface area contributed by atoms with Crippen molar-refractivity contribution in [3.05, 3.63) is 29.3 Å². The van der Waals surface area contributed by atoms with E-state index in [4.69, 9.17) is 16.3 Å². The number of cyclic esters (lactones) is 1. The van der Waals surface area contributed by atoms with Gasteiger partial charge in [0.25, 0.3) is 0 Å². The average molecular weight is 338 g/mol. The molecule has 1 unspecified atom stereocenters. The van der Waals surface area contributed by atoms with Crippen molar-refractivity contribution in [2.75, 3.05) is 44.7 Å². The molecule has 0 aliphatic carbocycles. The molecule has 23 heavy (non-hydrogen) atoms. The van der Waals surface area contributed by atoms with Crippen molar-refractivity contribution in [3.8, 4) is 0 Å². The Morgan fingerprint density at radius 1 is 1.30 bits per heavy atom. The maximum Gasteiger partial charge on any atom is 0.409 e. The molecule has 1 aromatic rings. The minimum absolute atomic E-state index is 0.0598. The van der Waals surface area contributed by atoms with Crippen molar-refractivity contribution in [1.82, 2.24) is 9.80 Å². The summed E-state index contributed by atoms with van der Waals surface area (Å²) in [4.78, 5) is 29.5. The van der Waals surface area contributed by atoms with E-state index >= 15 is 0 Å². The third-order valence-electron chi connectivity index (χ3n) is 4.42. The highest BCUT2D eigenvalue weighted by molar-refractivity contribution is 6.33. The summed E-state index contributed by atoms with van der Waals surface area (Å²) < 4.78 is 4.91. The van der Waals surface area contributed by atoms with Gasteiger partial charge in [0.2, 0.25) is 5.91 Å². The molecule has 1 aromatic carbocycles. The summed E-state index contributed by atoms with van der Waals surface area (Å²) in [5.74, 6) is 0.0598. The molecular formula is C16H20ClN3O3. The molecule has 3 rings (SSSR count). The summed E-state index contributed by atoms with van der Waals surface area (Å²) in [5.41, 5.74) is 0.762. The molecule has 6 nitrogen and oxygen atoms in total. The molecular weight excluding hydrogens is 318 g/mol. The van der Waals surface area contributed by atoms with Crippen LogP contribution in [0.2, 0.25) is 5.02 Å². The molecule has 0 aromatic heterocycles. The molecule has 2 amide bonds. The molecule has 2 aliphatic heterocycles. The van der Waals surface area contributed by atoms with Crippen LogP contribution >= 0.6 is 11.6 Å². The van der Waals surface area contributed by atoms with Crippen LogP contribution in [0.15, 0.2) is 24.3 Å². The Kier molecular flexibility index (Phi) is 4.73. The molecule has 0 bridgehead atoms. The van der Waals surface area contributed by atoms with Gasteiger partial charge in [-0.3, -0.25) is 9.69 Å². The summed E-state index contributed by atoms with van der Waals surface area (Å²) in [6, 6.07) is 7.21. The van der Waals surface area contributed by atoms with Crippen LogP contribution in [0.1, 0.15) is 6.42 Å². The van der Waals surface area contributed by atoms with Gasteiger partial charge < -0.3 is 14.5 Å². The first-order chi connectivity index (χ1) is 11.1. The maximum atomic E-state index is 12.7. The normalized spacial score (nSPS) is 21.4. The maximum absolute atomic E-state index is 12.7. The predicted octanol–water partition coefficient (Wildman–Crippen LogP) is 1.83. The summed E-state index contributed by atoms with van der Waals surface area (Å²) in [6.07, 6.45) is 0.485. The molecule has 0 saturated carbocycles. The van der Waals surface area contributed by atoms with Gasteiger partial charge in [-0.25, -0.2) is 4.79 Å². The van der Waals surface area contributed by atoms with Gasteiger partial charge in [-0.15, -0.1) is 0 Å². The topological polar surface area (TPSA) is 53.1 Å². The zero-order valence-corrected chi connectivity index (χ0v) is 13.8. The van der Waals surface area contributed by atoms with Crippen LogP contribution in [0, 0.1) is 0 Å². The monoisotopic (exact) mass is 337 g/mol. The van der Waals surface area contributed by atoms with E-state index in [0.717, 1.165) is 12.1 Å². The van der Waals surface area contributed by atoms with Gasteiger partial charge in [0.05, 0.1) is 23.3 Å². The van der Waals surface area contributed by atoms with Crippen molar-refractivity contribution in [2.24, 2.45) is 0 Å². The zero-order valence-electron chi connectivity index (χ0n) is 13.1. The van der Waals surface area contributed by atoms with Crippen LogP contribution in [0.25, 0.3) is 0 Å². The van der Waals surface area contributed by atoms with E-state index in [2.05, 4.69) is 0 Å². The minimum Gasteiger partial charge on any atom is -0.448 e. The first kappa shape index (κ1) is 16.1. The number of carbonyl (C=O) groups is 2. The number of para-hydroxylation sites is 1. The Balaban J connectivity index is 1.60. The molecule has 2 aliphatic rings. The SMILES string of the molecule is CN(CCN1CCOC1=O)C1CCN(c2ccccc2Cl)C1=O. The number of rotatable bonds is 5. The van der Waals surface area contributed by atoms with E-state index in [1.54, 1.807) is 15.9 Å². The molecule has 124 valence electrons. The van der Waals surface area contributed by atoms with Crippen LogP contribution in [0.4, 0.5) is 10.5 Å². The molecule has 1 atom stereocenters. The van der Waals surface area contributed by atoms with Gasteiger partial charge in [-0.05, 0) is 25.6 Å². The summed E-state index contributed by atoms with van der Waals surface area (Å²) in [6.45, 7) is 2.94. The van der Waals surface area contributed by atoms with Crippen molar-refractivity contribution in [2.45, 2.75) is 12.5 Å². The van der Waals surface area contributed by atoms with E-state index in [1.807, 2.05) is 30.1 Å². The van der Waals surface area contributed by atoms with Crippen molar-refractivity contribution < 1.29 is 14.3 Å². The lowest BCUT2D eigenvalue weighted by Crippen LogP contribution is -2.43. The number of hydrogen-bond acceptors (Lipinski definition) is 4. The molecule has 0 spiro atoms. The summed E-state index contributed by atoms with van der Waals surface area (Å²) in [5, 5.41) is 0.587. The third-order valence-corrected chi connectivity index (χ3v) is 4.74. The first-order valence-corrected chi connectivity index (χ1v) is 8.13. The Morgan fingerprint density at radius 3 is 2.78 bits per heavy atom. The van der Waals surface area contributed by atoms with E-state index in [9.17, 15) is 9.59 Å². The predicted molar refractivity (Wildman–Crippen MR) is 87.8 cm³/mol. The summed E-state index contributed by atoms with van der Waals surface area (Å²) >= 11 is 6.19. The van der Waals surface area contributed by atoms with Gasteiger partial charge in [0.15, 0.2) is 0 Å². The van der Waals surface area contributed by atoms with Gasteiger partial charge in [0.1, 0.15) is 6.61 Å². The van der Waals surface area contributed by atoms with Crippen molar-refractivity contribution >= 4 is 29.3 Å². The third kappa shape index (κ3) is 3.28. The second-order valence-corrected chi connectivity index (χ2v) is 6.23. The Labute approximate surface area is 140 Å². The minimum atomic E-state index is -0.270. The number of benzene rings is 1. The fraction of sp³-hybridized carbons (Fsp3) is 0.500. The average Bonchev–Trinajstić information content (AvgIpc) is 3.11. The second kappa shape index (κ2) is 6.76. The second-order valence-electron chi connectivity index (χ2n) is 5.83. The van der Waals surface area contributed by atoms with Crippen molar-refractivity contribution in [3.63, 3.8) is 0 Å². The molecule has 0 N–H and O–H groups in total. The smallest absolute Gasteiger partial charge is 0.409 e. The van der Waals surface area contributed by atoms with E-state index < -0.39 is 0 Å². The van der Waals surface area contributed by atoms with E-state index in [-0.39, 0.29) is 18.0 Å². The van der Waals surface area contributed by atoms with Crippen LogP contribution in [-0.4, -0.2) is 67.7 Å². The fourth-order valence-corrected chi connectivity index (χ4v) is 3.28. The molecule has 7 heteroatoms.